The molecule has 2 aromatic rings. The van der Waals surface area contributed by atoms with Crippen LogP contribution in [0.5, 0.6) is 5.75 Å². The summed E-state index contributed by atoms with van der Waals surface area (Å²) in [6, 6.07) is 14.7. The molecule has 0 unspecified atom stereocenters. The Hall–Kier alpha value is -2.74. The monoisotopic (exact) mass is 447 g/mol. The van der Waals surface area contributed by atoms with Crippen LogP contribution in [0.2, 0.25) is 0 Å². The molecule has 0 atom stereocenters. The van der Waals surface area contributed by atoms with Gasteiger partial charge in [-0.05, 0) is 57.5 Å². The van der Waals surface area contributed by atoms with Gasteiger partial charge in [0.05, 0.1) is 18.0 Å². The zero-order valence-corrected chi connectivity index (χ0v) is 19.8. The molecule has 0 bridgehead atoms. The predicted octanol–water partition coefficient (Wildman–Crippen LogP) is 3.40. The van der Waals surface area contributed by atoms with E-state index < -0.39 is 10.0 Å². The van der Waals surface area contributed by atoms with Crippen molar-refractivity contribution in [3.8, 4) is 5.75 Å². The Morgan fingerprint density at radius 2 is 1.68 bits per heavy atom. The zero-order chi connectivity index (χ0) is 23.0. The number of hydrogen-bond donors (Lipinski definition) is 1. The maximum Gasteiger partial charge on any atom is 0.241 e. The van der Waals surface area contributed by atoms with Gasteiger partial charge in [0.2, 0.25) is 15.9 Å². The molecule has 0 fully saturated rings. The van der Waals surface area contributed by atoms with Gasteiger partial charge >= 0.3 is 0 Å². The van der Waals surface area contributed by atoms with Crippen molar-refractivity contribution in [3.05, 3.63) is 54.1 Å². The van der Waals surface area contributed by atoms with Crippen LogP contribution in [0, 0.1) is 0 Å². The van der Waals surface area contributed by atoms with Gasteiger partial charge in [0.15, 0.2) is 0 Å². The molecule has 0 aliphatic carbocycles. The molecule has 2 rings (SSSR count). The van der Waals surface area contributed by atoms with Crippen LogP contribution in [0.1, 0.15) is 33.3 Å². The van der Waals surface area contributed by atoms with E-state index in [1.54, 1.807) is 24.3 Å². The number of carbonyl (C=O) groups excluding carboxylic acids is 1. The fraction of sp³-hybridized carbons (Fsp3) is 0.435. The van der Waals surface area contributed by atoms with Crippen molar-refractivity contribution in [2.45, 2.75) is 40.3 Å². The van der Waals surface area contributed by atoms with E-state index in [1.165, 1.54) is 0 Å². The Morgan fingerprint density at radius 3 is 2.23 bits per heavy atom. The van der Waals surface area contributed by atoms with E-state index in [0.29, 0.717) is 18.0 Å². The van der Waals surface area contributed by atoms with E-state index in [1.807, 2.05) is 38.1 Å². The molecule has 0 aliphatic heterocycles. The second kappa shape index (κ2) is 11.0. The number of ether oxygens (including phenoxy) is 1. The lowest BCUT2D eigenvalue weighted by Gasteiger charge is -2.23. The molecule has 0 aromatic heterocycles. The average molecular weight is 448 g/mol. The molecule has 0 saturated carbocycles. The summed E-state index contributed by atoms with van der Waals surface area (Å²) in [7, 11) is -3.65. The molecule has 31 heavy (non-hydrogen) atoms. The molecule has 0 radical (unpaired) electrons. The summed E-state index contributed by atoms with van der Waals surface area (Å²) >= 11 is 0. The minimum atomic E-state index is -3.65. The summed E-state index contributed by atoms with van der Waals surface area (Å²) < 4.78 is 31.4. The van der Waals surface area contributed by atoms with Gasteiger partial charge in [0.1, 0.15) is 12.3 Å². The van der Waals surface area contributed by atoms with Gasteiger partial charge in [0.25, 0.3) is 0 Å². The van der Waals surface area contributed by atoms with Crippen LogP contribution in [-0.2, 0) is 21.4 Å². The fourth-order valence-corrected chi connectivity index (χ4v) is 4.03. The van der Waals surface area contributed by atoms with Crippen LogP contribution < -0.4 is 19.3 Å². The predicted molar refractivity (Wildman–Crippen MR) is 126 cm³/mol. The summed E-state index contributed by atoms with van der Waals surface area (Å²) in [4.78, 5) is 14.8. The molecule has 0 saturated heterocycles. The maximum atomic E-state index is 12.5. The second-order valence-electron chi connectivity index (χ2n) is 7.55. The standard InChI is InChI=1S/C23H33N3O4S/c1-6-25(7-2)20-13-11-19(12-14-20)16-24-23(27)17-26(31(5,28)29)21-9-8-10-22(15-21)30-18(3)4/h8-15,18H,6-7,16-17H2,1-5H3,(H,24,27). The van der Waals surface area contributed by atoms with Crippen LogP contribution in [0.15, 0.2) is 48.5 Å². The van der Waals surface area contributed by atoms with Gasteiger partial charge in [-0.25, -0.2) is 8.42 Å². The highest BCUT2D eigenvalue weighted by atomic mass is 32.2. The number of benzene rings is 2. The van der Waals surface area contributed by atoms with Gasteiger partial charge in [-0.15, -0.1) is 0 Å². The molecule has 0 heterocycles. The number of anilines is 2. The Labute approximate surface area is 186 Å². The average Bonchev–Trinajstić information content (AvgIpc) is 2.71. The van der Waals surface area contributed by atoms with E-state index in [0.717, 1.165) is 34.9 Å². The van der Waals surface area contributed by atoms with Crippen LogP contribution in [-0.4, -0.2) is 46.3 Å². The fourth-order valence-electron chi connectivity index (χ4n) is 3.18. The first-order valence-corrected chi connectivity index (χ1v) is 12.3. The topological polar surface area (TPSA) is 79.0 Å². The highest BCUT2D eigenvalue weighted by Crippen LogP contribution is 2.24. The van der Waals surface area contributed by atoms with Crippen molar-refractivity contribution in [2.75, 3.05) is 35.1 Å². The summed E-state index contributed by atoms with van der Waals surface area (Å²) in [5, 5.41) is 2.80. The third kappa shape index (κ3) is 7.47. The first kappa shape index (κ1) is 24.5. The van der Waals surface area contributed by atoms with Crippen LogP contribution >= 0.6 is 0 Å². The Kier molecular flexibility index (Phi) is 8.74. The van der Waals surface area contributed by atoms with Crippen LogP contribution in [0.4, 0.5) is 11.4 Å². The number of nitrogens with zero attached hydrogens (tertiary/aromatic N) is 2. The highest BCUT2D eigenvalue weighted by molar-refractivity contribution is 7.92. The van der Waals surface area contributed by atoms with Crippen LogP contribution in [0.25, 0.3) is 0 Å². The number of rotatable bonds is 11. The van der Waals surface area contributed by atoms with E-state index in [4.69, 9.17) is 4.74 Å². The first-order valence-electron chi connectivity index (χ1n) is 10.5. The second-order valence-corrected chi connectivity index (χ2v) is 9.46. The third-order valence-corrected chi connectivity index (χ3v) is 5.86. The Morgan fingerprint density at radius 1 is 1.03 bits per heavy atom. The number of amides is 1. The lowest BCUT2D eigenvalue weighted by molar-refractivity contribution is -0.119. The maximum absolute atomic E-state index is 12.5. The molecule has 0 aliphatic rings. The number of nitrogens with one attached hydrogen (secondary N) is 1. The number of sulfonamides is 1. The highest BCUT2D eigenvalue weighted by Gasteiger charge is 2.21. The lowest BCUT2D eigenvalue weighted by atomic mass is 10.2. The number of hydrogen-bond acceptors (Lipinski definition) is 5. The minimum absolute atomic E-state index is 0.0432. The first-order chi connectivity index (χ1) is 14.6. The molecule has 1 N–H and O–H groups in total. The number of carbonyl (C=O) groups is 1. The van der Waals surface area contributed by atoms with E-state index in [2.05, 4.69) is 24.1 Å². The van der Waals surface area contributed by atoms with Gasteiger partial charge in [-0.1, -0.05) is 18.2 Å². The molecule has 7 nitrogen and oxygen atoms in total. The normalized spacial score (nSPS) is 11.3. The van der Waals surface area contributed by atoms with E-state index in [9.17, 15) is 13.2 Å². The van der Waals surface area contributed by atoms with E-state index in [-0.39, 0.29) is 18.6 Å². The minimum Gasteiger partial charge on any atom is -0.491 e. The summed E-state index contributed by atoms with van der Waals surface area (Å²) in [6.07, 6.45) is 1.04. The van der Waals surface area contributed by atoms with Crippen molar-refractivity contribution in [1.82, 2.24) is 5.32 Å². The van der Waals surface area contributed by atoms with Crippen molar-refractivity contribution in [1.29, 1.82) is 0 Å². The Balaban J connectivity index is 2.05. The quantitative estimate of drug-likeness (QED) is 0.571. The smallest absolute Gasteiger partial charge is 0.241 e. The molecule has 0 spiro atoms. The molecule has 1 amide bonds. The third-order valence-electron chi connectivity index (χ3n) is 4.72. The van der Waals surface area contributed by atoms with Gasteiger partial charge in [-0.2, -0.15) is 0 Å². The Bertz CT molecular complexity index is 955. The van der Waals surface area contributed by atoms with E-state index >= 15 is 0 Å². The molecule has 2 aromatic carbocycles. The molecular formula is C23H33N3O4S. The SMILES string of the molecule is CCN(CC)c1ccc(CNC(=O)CN(c2cccc(OC(C)C)c2)S(C)(=O)=O)cc1. The zero-order valence-electron chi connectivity index (χ0n) is 19.0. The van der Waals surface area contributed by atoms with Crippen molar-refractivity contribution < 1.29 is 17.9 Å². The lowest BCUT2D eigenvalue weighted by Crippen LogP contribution is -2.40. The largest absolute Gasteiger partial charge is 0.491 e. The summed E-state index contributed by atoms with van der Waals surface area (Å²) in [5.74, 6) is 0.170. The van der Waals surface area contributed by atoms with Gasteiger partial charge < -0.3 is 15.0 Å². The van der Waals surface area contributed by atoms with Crippen LogP contribution in [0.3, 0.4) is 0 Å². The molecule has 8 heteroatoms. The molecule has 170 valence electrons. The van der Waals surface area contributed by atoms with Crippen molar-refractivity contribution >= 4 is 27.3 Å². The van der Waals surface area contributed by atoms with Crippen molar-refractivity contribution in [2.24, 2.45) is 0 Å². The summed E-state index contributed by atoms with van der Waals surface area (Å²) in [6.45, 7) is 9.87. The molecular weight excluding hydrogens is 414 g/mol. The summed E-state index contributed by atoms with van der Waals surface area (Å²) in [5.41, 5.74) is 2.47. The van der Waals surface area contributed by atoms with Gasteiger partial charge in [0, 0.05) is 31.4 Å². The van der Waals surface area contributed by atoms with Gasteiger partial charge in [-0.3, -0.25) is 9.10 Å². The van der Waals surface area contributed by atoms with Crippen molar-refractivity contribution in [3.63, 3.8) is 0 Å².